The Bertz CT molecular complexity index is 754. The summed E-state index contributed by atoms with van der Waals surface area (Å²) in [5.74, 6) is 0.345. The Labute approximate surface area is 113 Å². The lowest BCUT2D eigenvalue weighted by Crippen LogP contribution is -1.98. The molecule has 1 heterocycles. The van der Waals surface area contributed by atoms with Crippen molar-refractivity contribution in [1.29, 1.82) is 0 Å². The smallest absolute Gasteiger partial charge is 0.258 e. The highest BCUT2D eigenvalue weighted by molar-refractivity contribution is 5.58. The summed E-state index contributed by atoms with van der Waals surface area (Å²) in [6.07, 6.45) is 0. The molecule has 0 bridgehead atoms. The number of hydrogen-bond acceptors (Lipinski definition) is 5. The van der Waals surface area contributed by atoms with Gasteiger partial charge in [0.15, 0.2) is 0 Å². The molecule has 0 atom stereocenters. The van der Waals surface area contributed by atoms with E-state index >= 15 is 0 Å². The van der Waals surface area contributed by atoms with Crippen molar-refractivity contribution in [2.75, 3.05) is 0 Å². The van der Waals surface area contributed by atoms with Crippen molar-refractivity contribution in [3.05, 3.63) is 64.7 Å². The van der Waals surface area contributed by atoms with Crippen LogP contribution < -0.4 is 0 Å². The molecule has 0 saturated carbocycles. The van der Waals surface area contributed by atoms with E-state index in [4.69, 9.17) is 0 Å². The maximum Gasteiger partial charge on any atom is 0.270 e. The van der Waals surface area contributed by atoms with E-state index in [0.717, 1.165) is 5.69 Å². The van der Waals surface area contributed by atoms with Gasteiger partial charge in [0, 0.05) is 17.7 Å². The van der Waals surface area contributed by atoms with E-state index in [9.17, 15) is 10.1 Å². The van der Waals surface area contributed by atoms with Crippen molar-refractivity contribution < 1.29 is 4.92 Å². The highest BCUT2D eigenvalue weighted by Crippen LogP contribution is 2.20. The fourth-order valence-electron chi connectivity index (χ4n) is 1.76. The average Bonchev–Trinajstić information content (AvgIpc) is 2.98. The van der Waals surface area contributed by atoms with Gasteiger partial charge >= 0.3 is 0 Å². The van der Waals surface area contributed by atoms with E-state index in [1.54, 1.807) is 12.1 Å². The molecule has 0 N–H and O–H groups in total. The third kappa shape index (κ3) is 2.24. The van der Waals surface area contributed by atoms with Gasteiger partial charge in [0.1, 0.15) is 0 Å². The van der Waals surface area contributed by atoms with E-state index in [-0.39, 0.29) is 5.69 Å². The number of nitro groups is 1. The quantitative estimate of drug-likeness (QED) is 0.536. The van der Waals surface area contributed by atoms with Gasteiger partial charge in [0.05, 0.1) is 10.6 Å². The number of tetrazole rings is 1. The van der Waals surface area contributed by atoms with E-state index in [1.807, 2.05) is 30.3 Å². The van der Waals surface area contributed by atoms with Crippen LogP contribution in [0.1, 0.15) is 0 Å². The molecule has 0 saturated heterocycles. The largest absolute Gasteiger partial charge is 0.270 e. The summed E-state index contributed by atoms with van der Waals surface area (Å²) in [6, 6.07) is 15.5. The van der Waals surface area contributed by atoms with Crippen molar-refractivity contribution in [1.82, 2.24) is 20.2 Å². The van der Waals surface area contributed by atoms with Crippen molar-refractivity contribution in [2.24, 2.45) is 0 Å². The minimum Gasteiger partial charge on any atom is -0.258 e. The number of rotatable bonds is 3. The second-order valence-corrected chi connectivity index (χ2v) is 4.05. The first kappa shape index (κ1) is 12.0. The highest BCUT2D eigenvalue weighted by Gasteiger charge is 2.11. The van der Waals surface area contributed by atoms with Crippen LogP contribution in [0, 0.1) is 10.1 Å². The normalized spacial score (nSPS) is 10.4. The van der Waals surface area contributed by atoms with E-state index < -0.39 is 4.92 Å². The molecular weight excluding hydrogens is 258 g/mol. The van der Waals surface area contributed by atoms with Crippen molar-refractivity contribution in [3.8, 4) is 17.1 Å². The van der Waals surface area contributed by atoms with Gasteiger partial charge in [0.25, 0.3) is 5.69 Å². The van der Waals surface area contributed by atoms with Crippen LogP contribution in [0.5, 0.6) is 0 Å². The molecule has 98 valence electrons. The molecular formula is C13H9N5O2. The van der Waals surface area contributed by atoms with Crippen LogP contribution in [0.4, 0.5) is 5.69 Å². The van der Waals surface area contributed by atoms with Gasteiger partial charge in [0.2, 0.25) is 5.82 Å². The van der Waals surface area contributed by atoms with E-state index in [1.165, 1.54) is 16.9 Å². The lowest BCUT2D eigenvalue weighted by Gasteiger charge is -1.96. The van der Waals surface area contributed by atoms with Crippen LogP contribution in [0.15, 0.2) is 54.6 Å². The summed E-state index contributed by atoms with van der Waals surface area (Å²) >= 11 is 0. The minimum absolute atomic E-state index is 0.00133. The standard InChI is InChI=1S/C13H9N5O2/c19-18(20)12-8-4-5-10(9-12)13-14-16-17(15-13)11-6-2-1-3-7-11/h1-9H. The van der Waals surface area contributed by atoms with Crippen LogP contribution in [-0.2, 0) is 0 Å². The number of aromatic nitrogens is 4. The SMILES string of the molecule is O=[N+]([O-])c1cccc(-c2nnn(-c3ccccc3)n2)c1. The first-order valence-electron chi connectivity index (χ1n) is 5.84. The van der Waals surface area contributed by atoms with E-state index in [2.05, 4.69) is 15.4 Å². The van der Waals surface area contributed by atoms with Gasteiger partial charge in [-0.1, -0.05) is 30.3 Å². The maximum atomic E-state index is 10.8. The fraction of sp³-hybridized carbons (Fsp3) is 0. The Hall–Kier alpha value is -3.09. The highest BCUT2D eigenvalue weighted by atomic mass is 16.6. The summed E-state index contributed by atoms with van der Waals surface area (Å²) in [4.78, 5) is 11.7. The summed E-state index contributed by atoms with van der Waals surface area (Å²) < 4.78 is 0. The predicted molar refractivity (Wildman–Crippen MR) is 71.2 cm³/mol. The number of para-hydroxylation sites is 1. The molecule has 3 rings (SSSR count). The summed E-state index contributed by atoms with van der Waals surface area (Å²) in [7, 11) is 0. The number of nitro benzene ring substituents is 1. The van der Waals surface area contributed by atoms with Gasteiger partial charge in [-0.05, 0) is 17.3 Å². The lowest BCUT2D eigenvalue weighted by molar-refractivity contribution is -0.384. The number of benzene rings is 2. The van der Waals surface area contributed by atoms with Crippen molar-refractivity contribution in [2.45, 2.75) is 0 Å². The Kier molecular flexibility index (Phi) is 2.92. The second kappa shape index (κ2) is 4.88. The molecule has 0 aliphatic carbocycles. The van der Waals surface area contributed by atoms with Crippen molar-refractivity contribution >= 4 is 5.69 Å². The zero-order valence-corrected chi connectivity index (χ0v) is 10.2. The summed E-state index contributed by atoms with van der Waals surface area (Å²) in [5, 5.41) is 22.8. The lowest BCUT2D eigenvalue weighted by atomic mass is 10.2. The number of nitrogens with zero attached hydrogens (tertiary/aromatic N) is 5. The Morgan fingerprint density at radius 1 is 1.05 bits per heavy atom. The molecule has 0 unspecified atom stereocenters. The van der Waals surface area contributed by atoms with Crippen LogP contribution in [0.2, 0.25) is 0 Å². The topological polar surface area (TPSA) is 86.7 Å². The molecule has 0 fully saturated rings. The Morgan fingerprint density at radius 3 is 2.60 bits per heavy atom. The first-order chi connectivity index (χ1) is 9.74. The van der Waals surface area contributed by atoms with E-state index in [0.29, 0.717) is 11.4 Å². The van der Waals surface area contributed by atoms with Crippen LogP contribution in [0.25, 0.3) is 17.1 Å². The van der Waals surface area contributed by atoms with Crippen LogP contribution in [0.3, 0.4) is 0 Å². The Morgan fingerprint density at radius 2 is 1.85 bits per heavy atom. The Balaban J connectivity index is 1.98. The second-order valence-electron chi connectivity index (χ2n) is 4.05. The predicted octanol–water partition coefficient (Wildman–Crippen LogP) is 2.24. The monoisotopic (exact) mass is 267 g/mol. The maximum absolute atomic E-state index is 10.8. The van der Waals surface area contributed by atoms with Gasteiger partial charge in [-0.15, -0.1) is 15.0 Å². The molecule has 7 heteroatoms. The molecule has 7 nitrogen and oxygen atoms in total. The molecule has 3 aromatic rings. The van der Waals surface area contributed by atoms with Crippen LogP contribution >= 0.6 is 0 Å². The van der Waals surface area contributed by atoms with Gasteiger partial charge in [-0.25, -0.2) is 0 Å². The molecule has 0 aliphatic heterocycles. The third-order valence-corrected chi connectivity index (χ3v) is 2.72. The average molecular weight is 267 g/mol. The van der Waals surface area contributed by atoms with Crippen LogP contribution in [-0.4, -0.2) is 25.1 Å². The molecule has 1 aromatic heterocycles. The first-order valence-corrected chi connectivity index (χ1v) is 5.84. The molecule has 20 heavy (non-hydrogen) atoms. The number of non-ortho nitro benzene ring substituents is 1. The zero-order chi connectivity index (χ0) is 13.9. The van der Waals surface area contributed by atoms with Gasteiger partial charge in [-0.3, -0.25) is 10.1 Å². The molecule has 0 spiro atoms. The zero-order valence-electron chi connectivity index (χ0n) is 10.2. The molecule has 0 aliphatic rings. The van der Waals surface area contributed by atoms with Gasteiger partial charge in [-0.2, -0.15) is 0 Å². The minimum atomic E-state index is -0.453. The molecule has 0 amide bonds. The third-order valence-electron chi connectivity index (χ3n) is 2.72. The van der Waals surface area contributed by atoms with Gasteiger partial charge < -0.3 is 0 Å². The summed E-state index contributed by atoms with van der Waals surface area (Å²) in [5.41, 5.74) is 1.33. The number of hydrogen-bond donors (Lipinski definition) is 0. The van der Waals surface area contributed by atoms with Crippen molar-refractivity contribution in [3.63, 3.8) is 0 Å². The fourth-order valence-corrected chi connectivity index (χ4v) is 1.76. The summed E-state index contributed by atoms with van der Waals surface area (Å²) in [6.45, 7) is 0. The molecule has 0 radical (unpaired) electrons. The molecule has 2 aromatic carbocycles.